The van der Waals surface area contributed by atoms with Crippen LogP contribution in [-0.2, 0) is 0 Å². The molecule has 2 rings (SSSR count). The number of amides is 2. The zero-order valence-electron chi connectivity index (χ0n) is 17.0. The van der Waals surface area contributed by atoms with Gasteiger partial charge in [-0.1, -0.05) is 13.8 Å². The highest BCUT2D eigenvalue weighted by Gasteiger charge is 2.18. The number of thioether (sulfide) groups is 1. The Kier molecular flexibility index (Phi) is 7.78. The Morgan fingerprint density at radius 1 is 1.10 bits per heavy atom. The highest BCUT2D eigenvalue weighted by molar-refractivity contribution is 7.99. The summed E-state index contributed by atoms with van der Waals surface area (Å²) in [5.41, 5.74) is 1.14. The van der Waals surface area contributed by atoms with E-state index in [1.807, 2.05) is 0 Å². The molecule has 0 aliphatic rings. The molecule has 0 heterocycles. The molecule has 154 valence electrons. The van der Waals surface area contributed by atoms with Crippen LogP contribution in [0.3, 0.4) is 0 Å². The molecule has 0 fully saturated rings. The minimum absolute atomic E-state index is 0.0710. The smallest absolute Gasteiger partial charge is 0.283 e. The maximum Gasteiger partial charge on any atom is 0.283 e. The van der Waals surface area contributed by atoms with Crippen molar-refractivity contribution in [1.29, 1.82) is 0 Å². The van der Waals surface area contributed by atoms with E-state index in [0.717, 1.165) is 12.2 Å². The molecule has 2 aromatic rings. The van der Waals surface area contributed by atoms with Crippen molar-refractivity contribution in [1.82, 2.24) is 4.90 Å². The predicted molar refractivity (Wildman–Crippen MR) is 116 cm³/mol. The highest BCUT2D eigenvalue weighted by atomic mass is 32.2. The van der Waals surface area contributed by atoms with Crippen LogP contribution in [0.1, 0.15) is 41.0 Å². The summed E-state index contributed by atoms with van der Waals surface area (Å²) in [5, 5.41) is 14.1. The standard InChI is InChI=1S/C21H25N3O4S/c1-14(2)11-12-29-19-10-7-16(13-18(19)24(27)28)20(25)22-17-8-5-15(6-9-17)21(26)23(3)4/h5-10,13-14H,11-12H2,1-4H3,(H,22,25). The van der Waals surface area contributed by atoms with Gasteiger partial charge in [0.05, 0.1) is 9.82 Å². The minimum Gasteiger partial charge on any atom is -0.345 e. The second kappa shape index (κ2) is 10.1. The van der Waals surface area contributed by atoms with Crippen LogP contribution in [0.15, 0.2) is 47.4 Å². The average Bonchev–Trinajstić information content (AvgIpc) is 2.67. The van der Waals surface area contributed by atoms with Gasteiger partial charge in [0.2, 0.25) is 0 Å². The molecule has 0 spiro atoms. The lowest BCUT2D eigenvalue weighted by atomic mass is 10.1. The quantitative estimate of drug-likeness (QED) is 0.384. The van der Waals surface area contributed by atoms with E-state index < -0.39 is 10.8 Å². The van der Waals surface area contributed by atoms with E-state index >= 15 is 0 Å². The third-order valence-electron chi connectivity index (χ3n) is 4.17. The predicted octanol–water partition coefficient (Wildman–Crippen LogP) is 4.69. The molecule has 0 saturated carbocycles. The molecule has 29 heavy (non-hydrogen) atoms. The van der Waals surface area contributed by atoms with E-state index in [2.05, 4.69) is 19.2 Å². The Hall–Kier alpha value is -2.87. The van der Waals surface area contributed by atoms with Gasteiger partial charge in [-0.15, -0.1) is 11.8 Å². The molecular weight excluding hydrogens is 390 g/mol. The van der Waals surface area contributed by atoms with Gasteiger partial charge in [-0.2, -0.15) is 0 Å². The number of carbonyl (C=O) groups is 2. The molecule has 0 aliphatic carbocycles. The molecule has 2 aromatic carbocycles. The van der Waals surface area contributed by atoms with Crippen molar-refractivity contribution >= 4 is 35.0 Å². The van der Waals surface area contributed by atoms with Crippen molar-refractivity contribution in [2.75, 3.05) is 25.2 Å². The van der Waals surface area contributed by atoms with Crippen LogP contribution in [0.2, 0.25) is 0 Å². The van der Waals surface area contributed by atoms with Crippen molar-refractivity contribution in [3.05, 3.63) is 63.7 Å². The second-order valence-electron chi connectivity index (χ2n) is 7.20. The Labute approximate surface area is 174 Å². The zero-order valence-corrected chi connectivity index (χ0v) is 17.8. The molecular formula is C21H25N3O4S. The van der Waals surface area contributed by atoms with E-state index in [4.69, 9.17) is 0 Å². The van der Waals surface area contributed by atoms with Crippen molar-refractivity contribution in [2.24, 2.45) is 5.92 Å². The SMILES string of the molecule is CC(C)CCSc1ccc(C(=O)Nc2ccc(C(=O)N(C)C)cc2)cc1[N+](=O)[O-]. The van der Waals surface area contributed by atoms with Crippen molar-refractivity contribution in [2.45, 2.75) is 25.2 Å². The summed E-state index contributed by atoms with van der Waals surface area (Å²) in [6.07, 6.45) is 0.955. The molecule has 0 aromatic heterocycles. The van der Waals surface area contributed by atoms with Gasteiger partial charge in [0, 0.05) is 37.0 Å². The van der Waals surface area contributed by atoms with Gasteiger partial charge in [0.1, 0.15) is 0 Å². The fraction of sp³-hybridized carbons (Fsp3) is 0.333. The number of hydrogen-bond acceptors (Lipinski definition) is 5. The molecule has 0 atom stereocenters. The number of anilines is 1. The first kappa shape index (κ1) is 22.4. The third kappa shape index (κ3) is 6.32. The molecule has 0 radical (unpaired) electrons. The summed E-state index contributed by atoms with van der Waals surface area (Å²) in [7, 11) is 3.32. The largest absolute Gasteiger partial charge is 0.345 e. The monoisotopic (exact) mass is 415 g/mol. The first-order valence-corrected chi connectivity index (χ1v) is 10.2. The number of nitrogens with one attached hydrogen (secondary N) is 1. The molecule has 0 saturated heterocycles. The van der Waals surface area contributed by atoms with Crippen LogP contribution < -0.4 is 5.32 Å². The van der Waals surface area contributed by atoms with Gasteiger partial charge < -0.3 is 10.2 Å². The normalized spacial score (nSPS) is 10.7. The van der Waals surface area contributed by atoms with Crippen molar-refractivity contribution < 1.29 is 14.5 Å². The maximum atomic E-state index is 12.5. The topological polar surface area (TPSA) is 92.6 Å². The minimum atomic E-state index is -0.462. The third-order valence-corrected chi connectivity index (χ3v) is 5.26. The van der Waals surface area contributed by atoms with Crippen LogP contribution in [0.4, 0.5) is 11.4 Å². The van der Waals surface area contributed by atoms with Crippen LogP contribution in [0.25, 0.3) is 0 Å². The molecule has 7 nitrogen and oxygen atoms in total. The number of carbonyl (C=O) groups excluding carboxylic acids is 2. The number of benzene rings is 2. The lowest BCUT2D eigenvalue weighted by Crippen LogP contribution is -2.21. The van der Waals surface area contributed by atoms with E-state index in [1.165, 1.54) is 22.7 Å². The second-order valence-corrected chi connectivity index (χ2v) is 8.34. The maximum absolute atomic E-state index is 12.5. The van der Waals surface area contributed by atoms with Gasteiger partial charge in [-0.3, -0.25) is 19.7 Å². The molecule has 0 aliphatic heterocycles. The van der Waals surface area contributed by atoms with Crippen LogP contribution in [0.5, 0.6) is 0 Å². The van der Waals surface area contributed by atoms with Gasteiger partial charge in [0.25, 0.3) is 17.5 Å². The summed E-state index contributed by atoms with van der Waals surface area (Å²) in [5.74, 6) is 0.718. The van der Waals surface area contributed by atoms with E-state index in [1.54, 1.807) is 50.5 Å². The average molecular weight is 416 g/mol. The fourth-order valence-corrected chi connectivity index (χ4v) is 3.74. The molecule has 2 amide bonds. The van der Waals surface area contributed by atoms with Crippen molar-refractivity contribution in [3.8, 4) is 0 Å². The lowest BCUT2D eigenvalue weighted by Gasteiger charge is -2.11. The first-order chi connectivity index (χ1) is 13.7. The van der Waals surface area contributed by atoms with Gasteiger partial charge in [-0.25, -0.2) is 0 Å². The van der Waals surface area contributed by atoms with Gasteiger partial charge in [-0.05, 0) is 54.5 Å². The Morgan fingerprint density at radius 3 is 2.28 bits per heavy atom. The van der Waals surface area contributed by atoms with E-state index in [9.17, 15) is 19.7 Å². The number of nitro benzene ring substituents is 1. The van der Waals surface area contributed by atoms with Crippen LogP contribution in [0, 0.1) is 16.0 Å². The van der Waals surface area contributed by atoms with Gasteiger partial charge in [0.15, 0.2) is 0 Å². The van der Waals surface area contributed by atoms with Gasteiger partial charge >= 0.3 is 0 Å². The molecule has 0 unspecified atom stereocenters. The first-order valence-electron chi connectivity index (χ1n) is 9.23. The van der Waals surface area contributed by atoms with E-state index in [0.29, 0.717) is 22.1 Å². The summed E-state index contributed by atoms with van der Waals surface area (Å²) < 4.78 is 0. The number of nitrogens with zero attached hydrogens (tertiary/aromatic N) is 2. The number of hydrogen-bond donors (Lipinski definition) is 1. The summed E-state index contributed by atoms with van der Waals surface area (Å²) in [6.45, 7) is 4.21. The molecule has 1 N–H and O–H groups in total. The Bertz CT molecular complexity index is 895. The summed E-state index contributed by atoms with van der Waals surface area (Å²) in [4.78, 5) is 37.4. The Morgan fingerprint density at radius 2 is 1.72 bits per heavy atom. The summed E-state index contributed by atoms with van der Waals surface area (Å²) >= 11 is 1.43. The van der Waals surface area contributed by atoms with Crippen LogP contribution in [-0.4, -0.2) is 41.5 Å². The zero-order chi connectivity index (χ0) is 21.6. The summed E-state index contributed by atoms with van der Waals surface area (Å²) in [6, 6.07) is 11.0. The molecule has 8 heteroatoms. The highest BCUT2D eigenvalue weighted by Crippen LogP contribution is 2.31. The Balaban J connectivity index is 2.13. The number of rotatable bonds is 8. The molecule has 0 bridgehead atoms. The van der Waals surface area contributed by atoms with Crippen LogP contribution >= 0.6 is 11.8 Å². The number of nitro groups is 1. The van der Waals surface area contributed by atoms with E-state index in [-0.39, 0.29) is 17.2 Å². The van der Waals surface area contributed by atoms with Crippen molar-refractivity contribution in [3.63, 3.8) is 0 Å². The fourth-order valence-electron chi connectivity index (χ4n) is 2.49. The lowest BCUT2D eigenvalue weighted by molar-refractivity contribution is -0.387.